The summed E-state index contributed by atoms with van der Waals surface area (Å²) >= 11 is 0. The van der Waals surface area contributed by atoms with E-state index in [-0.39, 0.29) is 23.2 Å². The lowest BCUT2D eigenvalue weighted by atomic mass is 10.0. The number of esters is 1. The van der Waals surface area contributed by atoms with Gasteiger partial charge in [0.1, 0.15) is 0 Å². The number of unbranched alkanes of at least 4 members (excludes halogenated alkanes) is 4. The molecular formula is C23H32O5. The second kappa shape index (κ2) is 10.8. The van der Waals surface area contributed by atoms with Gasteiger partial charge in [-0.05, 0) is 24.5 Å². The largest absolute Gasteiger partial charge is 0.504 e. The number of phenols is 1. The van der Waals surface area contributed by atoms with Crippen molar-refractivity contribution in [2.45, 2.75) is 65.2 Å². The van der Waals surface area contributed by atoms with E-state index >= 15 is 0 Å². The lowest BCUT2D eigenvalue weighted by molar-refractivity contribution is -0.134. The van der Waals surface area contributed by atoms with Gasteiger partial charge in [0.2, 0.25) is 11.5 Å². The maximum Gasteiger partial charge on any atom is 0.311 e. The SMILES string of the molecule is CCCCCCCC(=O)Oc1c(OC)c(OC)c(O)c2ccc(CCC)cc12. The molecule has 0 bridgehead atoms. The molecule has 28 heavy (non-hydrogen) atoms. The predicted molar refractivity (Wildman–Crippen MR) is 112 cm³/mol. The highest BCUT2D eigenvalue weighted by Gasteiger charge is 2.24. The summed E-state index contributed by atoms with van der Waals surface area (Å²) in [6, 6.07) is 5.75. The number of phenolic OH excluding ortho intramolecular Hbond substituents is 1. The molecule has 0 aliphatic rings. The molecule has 0 saturated carbocycles. The molecule has 0 aliphatic carbocycles. The molecule has 5 nitrogen and oxygen atoms in total. The molecule has 154 valence electrons. The van der Waals surface area contributed by atoms with Crippen molar-refractivity contribution in [3.63, 3.8) is 0 Å². The van der Waals surface area contributed by atoms with Crippen molar-refractivity contribution in [3.05, 3.63) is 23.8 Å². The highest BCUT2D eigenvalue weighted by Crippen LogP contribution is 2.50. The number of methoxy groups -OCH3 is 2. The zero-order valence-corrected chi connectivity index (χ0v) is 17.5. The van der Waals surface area contributed by atoms with Crippen LogP contribution in [0.1, 0.15) is 64.4 Å². The average molecular weight is 389 g/mol. The van der Waals surface area contributed by atoms with E-state index in [1.54, 1.807) is 0 Å². The molecule has 0 heterocycles. The Labute approximate surface area is 167 Å². The lowest BCUT2D eigenvalue weighted by Crippen LogP contribution is -2.09. The molecule has 0 fully saturated rings. The van der Waals surface area contributed by atoms with Gasteiger partial charge in [0, 0.05) is 17.2 Å². The Morgan fingerprint density at radius 1 is 0.893 bits per heavy atom. The Morgan fingerprint density at radius 2 is 1.61 bits per heavy atom. The van der Waals surface area contributed by atoms with Crippen molar-refractivity contribution >= 4 is 16.7 Å². The van der Waals surface area contributed by atoms with Gasteiger partial charge < -0.3 is 19.3 Å². The summed E-state index contributed by atoms with van der Waals surface area (Å²) < 4.78 is 16.5. The van der Waals surface area contributed by atoms with Crippen LogP contribution in [0.5, 0.6) is 23.0 Å². The fourth-order valence-corrected chi connectivity index (χ4v) is 3.40. The van der Waals surface area contributed by atoms with Crippen LogP contribution >= 0.6 is 0 Å². The van der Waals surface area contributed by atoms with Crippen LogP contribution in [0.25, 0.3) is 10.8 Å². The molecule has 2 aromatic rings. The number of carbonyl (C=O) groups is 1. The number of ether oxygens (including phenoxy) is 3. The molecule has 1 N–H and O–H groups in total. The number of rotatable bonds is 11. The van der Waals surface area contributed by atoms with Gasteiger partial charge >= 0.3 is 5.97 Å². The molecule has 0 amide bonds. The first-order valence-corrected chi connectivity index (χ1v) is 10.2. The maximum atomic E-state index is 12.5. The topological polar surface area (TPSA) is 65.0 Å². The third kappa shape index (κ3) is 5.09. The number of fused-ring (bicyclic) bond motifs is 1. The van der Waals surface area contributed by atoms with E-state index in [0.717, 1.165) is 37.7 Å². The average Bonchev–Trinajstić information content (AvgIpc) is 2.69. The summed E-state index contributed by atoms with van der Waals surface area (Å²) in [6.45, 7) is 4.27. The number of aryl methyl sites for hydroxylation is 1. The summed E-state index contributed by atoms with van der Waals surface area (Å²) in [7, 11) is 2.93. The number of hydrogen-bond donors (Lipinski definition) is 1. The van der Waals surface area contributed by atoms with E-state index < -0.39 is 0 Å². The van der Waals surface area contributed by atoms with Crippen molar-refractivity contribution in [1.29, 1.82) is 0 Å². The zero-order chi connectivity index (χ0) is 20.5. The van der Waals surface area contributed by atoms with Crippen LogP contribution in [0, 0.1) is 0 Å². The first-order chi connectivity index (χ1) is 13.6. The Hall–Kier alpha value is -2.43. The van der Waals surface area contributed by atoms with E-state index in [1.807, 2.05) is 18.2 Å². The monoisotopic (exact) mass is 388 g/mol. The molecular weight excluding hydrogens is 356 g/mol. The molecule has 2 aromatic carbocycles. The number of benzene rings is 2. The molecule has 0 saturated heterocycles. The van der Waals surface area contributed by atoms with E-state index in [9.17, 15) is 9.90 Å². The molecule has 5 heteroatoms. The molecule has 0 aliphatic heterocycles. The number of carbonyl (C=O) groups excluding carboxylic acids is 1. The van der Waals surface area contributed by atoms with Crippen LogP contribution < -0.4 is 14.2 Å². The third-order valence-electron chi connectivity index (χ3n) is 4.86. The van der Waals surface area contributed by atoms with Crippen LogP contribution in [-0.4, -0.2) is 25.3 Å². The first-order valence-electron chi connectivity index (χ1n) is 10.2. The third-order valence-corrected chi connectivity index (χ3v) is 4.86. The van der Waals surface area contributed by atoms with Crippen LogP contribution in [0.15, 0.2) is 18.2 Å². The van der Waals surface area contributed by atoms with Crippen LogP contribution in [0.2, 0.25) is 0 Å². The van der Waals surface area contributed by atoms with Crippen molar-refractivity contribution in [2.24, 2.45) is 0 Å². The van der Waals surface area contributed by atoms with Crippen LogP contribution in [-0.2, 0) is 11.2 Å². The summed E-state index contributed by atoms with van der Waals surface area (Å²) in [4.78, 5) is 12.5. The number of aromatic hydroxyl groups is 1. The minimum atomic E-state index is -0.301. The van der Waals surface area contributed by atoms with Gasteiger partial charge in [0.05, 0.1) is 14.2 Å². The Bertz CT molecular complexity index is 797. The summed E-state index contributed by atoms with van der Waals surface area (Å²) in [5.74, 6) is 0.398. The van der Waals surface area contributed by atoms with E-state index in [2.05, 4.69) is 13.8 Å². The highest BCUT2D eigenvalue weighted by atomic mass is 16.6. The van der Waals surface area contributed by atoms with Gasteiger partial charge in [0.25, 0.3) is 0 Å². The molecule has 2 rings (SSSR count). The molecule has 0 aromatic heterocycles. The lowest BCUT2D eigenvalue weighted by Gasteiger charge is -2.18. The zero-order valence-electron chi connectivity index (χ0n) is 17.5. The summed E-state index contributed by atoms with van der Waals surface area (Å²) in [5, 5.41) is 11.8. The summed E-state index contributed by atoms with van der Waals surface area (Å²) in [6.07, 6.45) is 7.54. The quantitative estimate of drug-likeness (QED) is 0.300. The van der Waals surface area contributed by atoms with E-state index in [0.29, 0.717) is 22.9 Å². The minimum Gasteiger partial charge on any atom is -0.504 e. The van der Waals surface area contributed by atoms with Crippen LogP contribution in [0.3, 0.4) is 0 Å². The normalized spacial score (nSPS) is 10.9. The number of hydrogen-bond acceptors (Lipinski definition) is 5. The van der Waals surface area contributed by atoms with Crippen molar-refractivity contribution in [3.8, 4) is 23.0 Å². The van der Waals surface area contributed by atoms with Gasteiger partial charge in [-0.15, -0.1) is 0 Å². The van der Waals surface area contributed by atoms with Gasteiger partial charge in [-0.25, -0.2) is 0 Å². The smallest absolute Gasteiger partial charge is 0.311 e. The van der Waals surface area contributed by atoms with Gasteiger partial charge in [-0.1, -0.05) is 58.1 Å². The van der Waals surface area contributed by atoms with E-state index in [4.69, 9.17) is 14.2 Å². The second-order valence-electron chi connectivity index (χ2n) is 7.01. The predicted octanol–water partition coefficient (Wildman–Crippen LogP) is 5.78. The fraction of sp³-hybridized carbons (Fsp3) is 0.522. The molecule has 0 spiro atoms. The van der Waals surface area contributed by atoms with E-state index in [1.165, 1.54) is 27.1 Å². The first kappa shape index (κ1) is 21.9. The van der Waals surface area contributed by atoms with Gasteiger partial charge in [0.15, 0.2) is 11.5 Å². The Kier molecular flexibility index (Phi) is 8.42. The van der Waals surface area contributed by atoms with Crippen LogP contribution in [0.4, 0.5) is 0 Å². The van der Waals surface area contributed by atoms with Crippen molar-refractivity contribution in [2.75, 3.05) is 14.2 Å². The molecule has 0 unspecified atom stereocenters. The van der Waals surface area contributed by atoms with Gasteiger partial charge in [-0.3, -0.25) is 4.79 Å². The second-order valence-corrected chi connectivity index (χ2v) is 7.01. The molecule has 0 radical (unpaired) electrons. The highest BCUT2D eigenvalue weighted by molar-refractivity contribution is 6.00. The Balaban J connectivity index is 2.38. The minimum absolute atomic E-state index is 0.0169. The molecule has 0 atom stereocenters. The summed E-state index contributed by atoms with van der Waals surface area (Å²) in [5.41, 5.74) is 1.11. The van der Waals surface area contributed by atoms with Crippen molar-refractivity contribution in [1.82, 2.24) is 0 Å². The standard InChI is InChI=1S/C23H32O5/c1-5-7-8-9-10-12-19(24)28-21-18-15-16(11-6-2)13-14-17(18)20(25)22(26-3)23(21)27-4/h13-15,25H,5-12H2,1-4H3. The Morgan fingerprint density at radius 3 is 2.25 bits per heavy atom. The van der Waals surface area contributed by atoms with Crippen molar-refractivity contribution < 1.29 is 24.1 Å². The maximum absolute atomic E-state index is 12.5. The van der Waals surface area contributed by atoms with Gasteiger partial charge in [-0.2, -0.15) is 0 Å². The fourth-order valence-electron chi connectivity index (χ4n) is 3.40.